The average Bonchev–Trinajstić information content (AvgIpc) is 2.10. The summed E-state index contributed by atoms with van der Waals surface area (Å²) in [6.45, 7) is 2.15. The number of Topliss-reactive ketones (excluding diaryl/α,β-unsaturated/α-hetero) is 1. The Morgan fingerprint density at radius 3 is 2.58 bits per heavy atom. The zero-order valence-corrected chi connectivity index (χ0v) is 8.65. The fourth-order valence-corrected chi connectivity index (χ4v) is 1.22. The van der Waals surface area contributed by atoms with Gasteiger partial charge in [0, 0.05) is 12.2 Å². The topological polar surface area (TPSA) is 43.1 Å². The van der Waals surface area contributed by atoms with Gasteiger partial charge in [-0.1, -0.05) is 26.2 Å². The Morgan fingerprint density at radius 1 is 1.42 bits per heavy atom. The molecule has 0 spiro atoms. The highest BCUT2D eigenvalue weighted by molar-refractivity contribution is 7.80. The number of hydrogen-bond acceptors (Lipinski definition) is 3. The molecule has 0 rings (SSSR count). The number of carbonyl (C=O) groups excluding carboxylic acids is 1. The van der Waals surface area contributed by atoms with Gasteiger partial charge in [-0.15, -0.1) is 0 Å². The van der Waals surface area contributed by atoms with Crippen LogP contribution < -0.4 is 5.73 Å². The van der Waals surface area contributed by atoms with Gasteiger partial charge in [0.15, 0.2) is 0 Å². The molecule has 0 aromatic rings. The van der Waals surface area contributed by atoms with Gasteiger partial charge >= 0.3 is 0 Å². The Labute approximate surface area is 80.3 Å². The number of hydrogen-bond donors (Lipinski definition) is 2. The third-order valence-corrected chi connectivity index (χ3v) is 2.28. The van der Waals surface area contributed by atoms with Crippen LogP contribution >= 0.6 is 12.6 Å². The van der Waals surface area contributed by atoms with E-state index in [-0.39, 0.29) is 11.8 Å². The lowest BCUT2D eigenvalue weighted by Gasteiger charge is -2.05. The van der Waals surface area contributed by atoms with Gasteiger partial charge in [-0.05, 0) is 6.42 Å². The van der Waals surface area contributed by atoms with Crippen LogP contribution in [0.15, 0.2) is 0 Å². The van der Waals surface area contributed by atoms with Crippen LogP contribution in [0.1, 0.15) is 39.0 Å². The number of carbonyl (C=O) groups is 1. The predicted molar refractivity (Wildman–Crippen MR) is 55.6 cm³/mol. The number of ketones is 1. The molecule has 3 heteroatoms. The third kappa shape index (κ3) is 5.61. The summed E-state index contributed by atoms with van der Waals surface area (Å²) in [4.78, 5) is 11.2. The standard InChI is InChI=1S/C9H19NOS/c1-2-3-4-5-6-9(11)8(10)7-12/h8,12H,2-7,10H2,1H3/t8-/m0/s1. The van der Waals surface area contributed by atoms with Crippen LogP contribution in [0.4, 0.5) is 0 Å². The first kappa shape index (κ1) is 12.0. The largest absolute Gasteiger partial charge is 0.321 e. The van der Waals surface area contributed by atoms with Gasteiger partial charge in [-0.25, -0.2) is 0 Å². The van der Waals surface area contributed by atoms with E-state index in [1.807, 2.05) is 0 Å². The summed E-state index contributed by atoms with van der Waals surface area (Å²) in [7, 11) is 0. The van der Waals surface area contributed by atoms with E-state index in [9.17, 15) is 4.79 Å². The van der Waals surface area contributed by atoms with Crippen LogP contribution in [0, 0.1) is 0 Å². The van der Waals surface area contributed by atoms with Crippen LogP contribution in [0.5, 0.6) is 0 Å². The van der Waals surface area contributed by atoms with E-state index >= 15 is 0 Å². The van der Waals surface area contributed by atoms with E-state index in [2.05, 4.69) is 19.6 Å². The molecule has 0 radical (unpaired) electrons. The number of nitrogens with two attached hydrogens (primary N) is 1. The van der Waals surface area contributed by atoms with Crippen molar-refractivity contribution >= 4 is 18.4 Å². The number of thiol groups is 1. The summed E-state index contributed by atoms with van der Waals surface area (Å²) in [6.07, 6.45) is 5.16. The highest BCUT2D eigenvalue weighted by Gasteiger charge is 2.09. The van der Waals surface area contributed by atoms with Crippen molar-refractivity contribution in [2.75, 3.05) is 5.75 Å². The van der Waals surface area contributed by atoms with Gasteiger partial charge in [0.1, 0.15) is 5.78 Å². The number of rotatable bonds is 7. The van der Waals surface area contributed by atoms with Gasteiger partial charge in [-0.3, -0.25) is 4.79 Å². The zero-order chi connectivity index (χ0) is 9.40. The molecule has 2 N–H and O–H groups in total. The molecule has 0 aliphatic rings. The molecule has 0 amide bonds. The Hall–Kier alpha value is -0.0200. The maximum atomic E-state index is 11.2. The third-order valence-electron chi connectivity index (χ3n) is 1.89. The molecular weight excluding hydrogens is 170 g/mol. The molecule has 0 heterocycles. The van der Waals surface area contributed by atoms with Crippen molar-refractivity contribution in [3.63, 3.8) is 0 Å². The van der Waals surface area contributed by atoms with E-state index in [1.165, 1.54) is 12.8 Å². The van der Waals surface area contributed by atoms with E-state index in [0.717, 1.165) is 12.8 Å². The van der Waals surface area contributed by atoms with Crippen LogP contribution in [-0.4, -0.2) is 17.6 Å². The average molecular weight is 189 g/mol. The molecule has 0 fully saturated rings. The molecular formula is C9H19NOS. The lowest BCUT2D eigenvalue weighted by molar-refractivity contribution is -0.119. The SMILES string of the molecule is CCCCCCC(=O)[C@@H](N)CS. The normalized spacial score (nSPS) is 12.9. The van der Waals surface area contributed by atoms with Crippen molar-refractivity contribution in [2.45, 2.75) is 45.1 Å². The van der Waals surface area contributed by atoms with Crippen molar-refractivity contribution in [1.82, 2.24) is 0 Å². The van der Waals surface area contributed by atoms with E-state index in [0.29, 0.717) is 12.2 Å². The summed E-state index contributed by atoms with van der Waals surface area (Å²) in [5.74, 6) is 0.619. The molecule has 72 valence electrons. The summed E-state index contributed by atoms with van der Waals surface area (Å²) in [5.41, 5.74) is 5.51. The quantitative estimate of drug-likeness (QED) is 0.473. The Bertz CT molecular complexity index is 128. The summed E-state index contributed by atoms with van der Waals surface area (Å²) >= 11 is 3.97. The molecule has 0 aromatic carbocycles. The van der Waals surface area contributed by atoms with E-state index in [1.54, 1.807) is 0 Å². The van der Waals surface area contributed by atoms with E-state index in [4.69, 9.17) is 5.73 Å². The molecule has 0 unspecified atom stereocenters. The minimum absolute atomic E-state index is 0.154. The maximum absolute atomic E-state index is 11.2. The second-order valence-electron chi connectivity index (χ2n) is 3.07. The predicted octanol–water partition coefficient (Wildman–Crippen LogP) is 1.78. The Morgan fingerprint density at radius 2 is 2.08 bits per heavy atom. The van der Waals surface area contributed by atoms with Crippen molar-refractivity contribution in [3.05, 3.63) is 0 Å². The van der Waals surface area contributed by atoms with Crippen LogP contribution in [0.25, 0.3) is 0 Å². The molecule has 0 aromatic heterocycles. The number of unbranched alkanes of at least 4 members (excludes halogenated alkanes) is 3. The van der Waals surface area contributed by atoms with Gasteiger partial charge in [0.25, 0.3) is 0 Å². The second kappa shape index (κ2) is 7.62. The molecule has 0 saturated carbocycles. The lowest BCUT2D eigenvalue weighted by Crippen LogP contribution is -2.31. The minimum Gasteiger partial charge on any atom is -0.321 e. The van der Waals surface area contributed by atoms with Gasteiger partial charge < -0.3 is 5.73 Å². The molecule has 0 aliphatic carbocycles. The summed E-state index contributed by atoms with van der Waals surface area (Å²) in [5, 5.41) is 0. The fourth-order valence-electron chi connectivity index (χ4n) is 1.01. The van der Waals surface area contributed by atoms with Crippen LogP contribution in [0.3, 0.4) is 0 Å². The lowest BCUT2D eigenvalue weighted by atomic mass is 10.1. The summed E-state index contributed by atoms with van der Waals surface area (Å²) in [6, 6.07) is -0.352. The molecule has 0 bridgehead atoms. The fraction of sp³-hybridized carbons (Fsp3) is 0.889. The molecule has 1 atom stereocenters. The van der Waals surface area contributed by atoms with Gasteiger partial charge in [0.05, 0.1) is 6.04 Å². The first-order valence-electron chi connectivity index (χ1n) is 4.61. The zero-order valence-electron chi connectivity index (χ0n) is 7.75. The minimum atomic E-state index is -0.352. The van der Waals surface area contributed by atoms with E-state index < -0.39 is 0 Å². The monoisotopic (exact) mass is 189 g/mol. The highest BCUT2D eigenvalue weighted by atomic mass is 32.1. The second-order valence-corrected chi connectivity index (χ2v) is 3.43. The Kier molecular flexibility index (Phi) is 7.61. The molecule has 0 aliphatic heterocycles. The molecule has 0 saturated heterocycles. The van der Waals surface area contributed by atoms with Gasteiger partial charge in [0.2, 0.25) is 0 Å². The highest BCUT2D eigenvalue weighted by Crippen LogP contribution is 2.04. The molecule has 2 nitrogen and oxygen atoms in total. The van der Waals surface area contributed by atoms with Crippen LogP contribution in [-0.2, 0) is 4.79 Å². The maximum Gasteiger partial charge on any atom is 0.150 e. The summed E-state index contributed by atoms with van der Waals surface area (Å²) < 4.78 is 0. The molecule has 12 heavy (non-hydrogen) atoms. The van der Waals surface area contributed by atoms with Crippen LogP contribution in [0.2, 0.25) is 0 Å². The Balaban J connectivity index is 3.31. The van der Waals surface area contributed by atoms with Crippen molar-refractivity contribution < 1.29 is 4.79 Å². The van der Waals surface area contributed by atoms with Gasteiger partial charge in [-0.2, -0.15) is 12.6 Å². The first-order chi connectivity index (χ1) is 5.72. The first-order valence-corrected chi connectivity index (χ1v) is 5.24. The van der Waals surface area contributed by atoms with Crippen molar-refractivity contribution in [2.24, 2.45) is 5.73 Å². The van der Waals surface area contributed by atoms with Crippen molar-refractivity contribution in [3.8, 4) is 0 Å². The van der Waals surface area contributed by atoms with Crippen molar-refractivity contribution in [1.29, 1.82) is 0 Å². The smallest absolute Gasteiger partial charge is 0.150 e.